The molecule has 0 bridgehead atoms. The second-order valence-corrected chi connectivity index (χ2v) is 6.37. The van der Waals surface area contributed by atoms with Crippen LogP contribution in [0.25, 0.3) is 0 Å². The summed E-state index contributed by atoms with van der Waals surface area (Å²) in [5.41, 5.74) is 5.18. The molecule has 1 aliphatic heterocycles. The second kappa shape index (κ2) is 8.68. The van der Waals surface area contributed by atoms with Crippen LogP contribution in [-0.2, 0) is 9.53 Å². The van der Waals surface area contributed by atoms with Gasteiger partial charge in [0.15, 0.2) is 0 Å². The third-order valence-corrected chi connectivity index (χ3v) is 4.02. The number of nitrogens with two attached hydrogens (primary N) is 1. The van der Waals surface area contributed by atoms with Crippen molar-refractivity contribution in [2.75, 3.05) is 66.5 Å². The minimum atomic E-state index is -0.877. The molecule has 0 aromatic heterocycles. The van der Waals surface area contributed by atoms with Crippen LogP contribution >= 0.6 is 0 Å². The molecular weight excluding hydrogens is 268 g/mol. The van der Waals surface area contributed by atoms with Gasteiger partial charge in [0.1, 0.15) is 5.54 Å². The van der Waals surface area contributed by atoms with Crippen molar-refractivity contribution in [2.45, 2.75) is 25.8 Å². The van der Waals surface area contributed by atoms with E-state index in [2.05, 4.69) is 28.8 Å². The molecule has 1 heterocycles. The van der Waals surface area contributed by atoms with Gasteiger partial charge < -0.3 is 20.3 Å². The average molecular weight is 300 g/mol. The standard InChI is InChI=1S/C15H32N4O2/c1-5-21-14(20)15(2,16)6-7-18-10-12-19(13-11-18)9-8-17(3)4/h5-13,16H2,1-4H3. The average Bonchev–Trinajstić information content (AvgIpc) is 2.44. The molecule has 0 aromatic carbocycles. The fourth-order valence-corrected chi connectivity index (χ4v) is 2.37. The number of ether oxygens (including phenoxy) is 1. The number of carbonyl (C=O) groups is 1. The molecule has 1 saturated heterocycles. The predicted octanol–water partition coefficient (Wildman–Crippen LogP) is -0.164. The van der Waals surface area contributed by atoms with Gasteiger partial charge in [-0.25, -0.2) is 0 Å². The van der Waals surface area contributed by atoms with Crippen LogP contribution in [0.3, 0.4) is 0 Å². The Morgan fingerprint density at radius 3 is 2.19 bits per heavy atom. The Morgan fingerprint density at radius 2 is 1.71 bits per heavy atom. The normalized spacial score (nSPS) is 20.5. The fourth-order valence-electron chi connectivity index (χ4n) is 2.37. The number of likely N-dealkylation sites (N-methyl/N-ethyl adjacent to an activating group) is 1. The molecule has 1 atom stereocenters. The largest absolute Gasteiger partial charge is 0.465 e. The minimum Gasteiger partial charge on any atom is -0.465 e. The summed E-state index contributed by atoms with van der Waals surface area (Å²) in [6.07, 6.45) is 0.642. The third-order valence-electron chi connectivity index (χ3n) is 4.02. The van der Waals surface area contributed by atoms with Crippen molar-refractivity contribution in [1.29, 1.82) is 0 Å². The maximum absolute atomic E-state index is 11.8. The lowest BCUT2D eigenvalue weighted by Crippen LogP contribution is -2.52. The van der Waals surface area contributed by atoms with Crippen molar-refractivity contribution in [1.82, 2.24) is 14.7 Å². The third kappa shape index (κ3) is 6.74. The summed E-state index contributed by atoms with van der Waals surface area (Å²) < 4.78 is 5.02. The zero-order valence-electron chi connectivity index (χ0n) is 14.1. The predicted molar refractivity (Wildman–Crippen MR) is 85.3 cm³/mol. The van der Waals surface area contributed by atoms with Gasteiger partial charge in [-0.15, -0.1) is 0 Å². The Kier molecular flexibility index (Phi) is 7.59. The Hall–Kier alpha value is -0.690. The monoisotopic (exact) mass is 300 g/mol. The first-order chi connectivity index (χ1) is 9.85. The fraction of sp³-hybridized carbons (Fsp3) is 0.933. The molecule has 0 radical (unpaired) electrons. The lowest BCUT2D eigenvalue weighted by Gasteiger charge is -2.36. The summed E-state index contributed by atoms with van der Waals surface area (Å²) in [5.74, 6) is -0.297. The van der Waals surface area contributed by atoms with E-state index < -0.39 is 5.54 Å². The molecule has 0 amide bonds. The van der Waals surface area contributed by atoms with E-state index in [1.54, 1.807) is 13.8 Å². The molecule has 1 unspecified atom stereocenters. The zero-order valence-corrected chi connectivity index (χ0v) is 14.1. The second-order valence-electron chi connectivity index (χ2n) is 6.37. The van der Waals surface area contributed by atoms with Gasteiger partial charge in [0.2, 0.25) is 0 Å². The zero-order chi connectivity index (χ0) is 15.9. The van der Waals surface area contributed by atoms with E-state index in [-0.39, 0.29) is 5.97 Å². The van der Waals surface area contributed by atoms with E-state index in [9.17, 15) is 4.79 Å². The quantitative estimate of drug-likeness (QED) is 0.628. The van der Waals surface area contributed by atoms with Crippen molar-refractivity contribution >= 4 is 5.97 Å². The molecule has 1 rings (SSSR count). The van der Waals surface area contributed by atoms with Crippen LogP contribution in [0.4, 0.5) is 0 Å². The highest BCUT2D eigenvalue weighted by Gasteiger charge is 2.30. The van der Waals surface area contributed by atoms with Gasteiger partial charge >= 0.3 is 5.97 Å². The van der Waals surface area contributed by atoms with Gasteiger partial charge in [-0.1, -0.05) is 0 Å². The van der Waals surface area contributed by atoms with Crippen molar-refractivity contribution in [3.05, 3.63) is 0 Å². The van der Waals surface area contributed by atoms with Crippen molar-refractivity contribution in [2.24, 2.45) is 5.73 Å². The van der Waals surface area contributed by atoms with E-state index in [0.717, 1.165) is 45.8 Å². The lowest BCUT2D eigenvalue weighted by atomic mass is 9.99. The topological polar surface area (TPSA) is 62.0 Å². The highest BCUT2D eigenvalue weighted by Crippen LogP contribution is 2.11. The molecule has 2 N–H and O–H groups in total. The Balaban J connectivity index is 2.25. The summed E-state index contributed by atoms with van der Waals surface area (Å²) >= 11 is 0. The van der Waals surface area contributed by atoms with E-state index in [1.165, 1.54) is 0 Å². The van der Waals surface area contributed by atoms with E-state index in [0.29, 0.717) is 13.0 Å². The summed E-state index contributed by atoms with van der Waals surface area (Å²) in [7, 11) is 4.21. The van der Waals surface area contributed by atoms with Crippen LogP contribution < -0.4 is 5.73 Å². The molecule has 124 valence electrons. The minimum absolute atomic E-state index is 0.297. The van der Waals surface area contributed by atoms with Gasteiger partial charge in [-0.2, -0.15) is 0 Å². The molecule has 0 aliphatic carbocycles. The van der Waals surface area contributed by atoms with Crippen LogP contribution in [0, 0.1) is 0 Å². The summed E-state index contributed by atoms with van der Waals surface area (Å²) in [4.78, 5) is 18.8. The SMILES string of the molecule is CCOC(=O)C(C)(N)CCN1CCN(CCN(C)C)CC1. The highest BCUT2D eigenvalue weighted by atomic mass is 16.5. The number of carbonyl (C=O) groups excluding carboxylic acids is 1. The number of hydrogen-bond acceptors (Lipinski definition) is 6. The highest BCUT2D eigenvalue weighted by molar-refractivity contribution is 5.79. The Labute approximate surface area is 129 Å². The summed E-state index contributed by atoms with van der Waals surface area (Å²) in [5, 5.41) is 0. The first-order valence-corrected chi connectivity index (χ1v) is 7.90. The van der Waals surface area contributed by atoms with Crippen LogP contribution in [0.15, 0.2) is 0 Å². The Morgan fingerprint density at radius 1 is 1.19 bits per heavy atom. The van der Waals surface area contributed by atoms with E-state index in [4.69, 9.17) is 10.5 Å². The number of nitrogens with zero attached hydrogens (tertiary/aromatic N) is 3. The lowest BCUT2D eigenvalue weighted by molar-refractivity contribution is -0.149. The first kappa shape index (κ1) is 18.4. The summed E-state index contributed by atoms with van der Waals surface area (Å²) in [6, 6.07) is 0. The smallest absolute Gasteiger partial charge is 0.325 e. The molecule has 0 aromatic rings. The molecule has 0 saturated carbocycles. The number of rotatable bonds is 8. The van der Waals surface area contributed by atoms with Gasteiger partial charge in [0.05, 0.1) is 6.61 Å². The molecular formula is C15H32N4O2. The summed E-state index contributed by atoms with van der Waals surface area (Å²) in [6.45, 7) is 11.3. The number of hydrogen-bond donors (Lipinski definition) is 1. The van der Waals surface area contributed by atoms with Crippen LogP contribution in [0.5, 0.6) is 0 Å². The van der Waals surface area contributed by atoms with Gasteiger partial charge in [-0.05, 0) is 34.4 Å². The maximum atomic E-state index is 11.8. The first-order valence-electron chi connectivity index (χ1n) is 7.90. The molecule has 1 aliphatic rings. The Bertz CT molecular complexity index is 313. The van der Waals surface area contributed by atoms with Crippen molar-refractivity contribution < 1.29 is 9.53 Å². The van der Waals surface area contributed by atoms with Crippen LogP contribution in [0.1, 0.15) is 20.3 Å². The van der Waals surface area contributed by atoms with E-state index in [1.807, 2.05) is 0 Å². The number of esters is 1. The van der Waals surface area contributed by atoms with Gasteiger partial charge in [0.25, 0.3) is 0 Å². The number of piperazine rings is 1. The van der Waals surface area contributed by atoms with E-state index >= 15 is 0 Å². The maximum Gasteiger partial charge on any atom is 0.325 e. The van der Waals surface area contributed by atoms with Crippen LogP contribution in [0.2, 0.25) is 0 Å². The molecule has 1 fully saturated rings. The molecule has 0 spiro atoms. The molecule has 6 heteroatoms. The van der Waals surface area contributed by atoms with Gasteiger partial charge in [0, 0.05) is 45.8 Å². The van der Waals surface area contributed by atoms with Crippen molar-refractivity contribution in [3.8, 4) is 0 Å². The van der Waals surface area contributed by atoms with Crippen molar-refractivity contribution in [3.63, 3.8) is 0 Å². The molecule has 21 heavy (non-hydrogen) atoms. The molecule has 6 nitrogen and oxygen atoms in total. The van der Waals surface area contributed by atoms with Crippen LogP contribution in [-0.4, -0.2) is 92.7 Å². The van der Waals surface area contributed by atoms with Gasteiger partial charge in [-0.3, -0.25) is 9.69 Å².